The normalized spacial score (nSPS) is 14.9. The third kappa shape index (κ3) is 4.37. The lowest BCUT2D eigenvalue weighted by molar-refractivity contribution is -0.384. The molecule has 0 aromatic heterocycles. The summed E-state index contributed by atoms with van der Waals surface area (Å²) in [6, 6.07) is 5.25. The van der Waals surface area contributed by atoms with Crippen molar-refractivity contribution in [3.05, 3.63) is 39.9 Å². The van der Waals surface area contributed by atoms with Crippen LogP contribution >= 0.6 is 0 Å². The summed E-state index contributed by atoms with van der Waals surface area (Å²) in [5.74, 6) is -0.325. The number of carbonyl (C=O) groups excluding carboxylic acids is 2. The fourth-order valence-corrected chi connectivity index (χ4v) is 2.51. The predicted molar refractivity (Wildman–Crippen MR) is 75.0 cm³/mol. The van der Waals surface area contributed by atoms with Gasteiger partial charge in [0.05, 0.1) is 4.92 Å². The van der Waals surface area contributed by atoms with Gasteiger partial charge in [0, 0.05) is 24.1 Å². The van der Waals surface area contributed by atoms with Crippen LogP contribution in [0.4, 0.5) is 5.69 Å². The molecule has 6 nitrogen and oxygen atoms in total. The number of ketones is 1. The Morgan fingerprint density at radius 1 is 1.19 bits per heavy atom. The maximum Gasteiger partial charge on any atom is 0.306 e. The van der Waals surface area contributed by atoms with Crippen LogP contribution in [0.1, 0.15) is 42.5 Å². The van der Waals surface area contributed by atoms with Crippen molar-refractivity contribution < 1.29 is 19.2 Å². The van der Waals surface area contributed by atoms with Crippen LogP contribution < -0.4 is 0 Å². The molecule has 1 aliphatic carbocycles. The summed E-state index contributed by atoms with van der Waals surface area (Å²) in [5.41, 5.74) is 0.221. The minimum atomic E-state index is -0.532. The van der Waals surface area contributed by atoms with Gasteiger partial charge in [-0.15, -0.1) is 0 Å². The van der Waals surface area contributed by atoms with Gasteiger partial charge in [-0.05, 0) is 30.9 Å². The van der Waals surface area contributed by atoms with Gasteiger partial charge in [-0.25, -0.2) is 0 Å². The Morgan fingerprint density at radius 3 is 2.38 bits per heavy atom. The first-order valence-corrected chi connectivity index (χ1v) is 6.99. The summed E-state index contributed by atoms with van der Waals surface area (Å²) in [5, 5.41) is 10.5. The molecule has 0 atom stereocenters. The molecule has 1 aromatic carbocycles. The maximum atomic E-state index is 11.8. The number of nitro groups is 1. The van der Waals surface area contributed by atoms with Crippen LogP contribution in [-0.2, 0) is 9.53 Å². The fourth-order valence-electron chi connectivity index (χ4n) is 2.51. The van der Waals surface area contributed by atoms with E-state index in [-0.39, 0.29) is 24.0 Å². The molecule has 21 heavy (non-hydrogen) atoms. The lowest BCUT2D eigenvalue weighted by Gasteiger charge is -2.08. The molecule has 0 spiro atoms. The average Bonchev–Trinajstić information content (AvgIpc) is 2.97. The van der Waals surface area contributed by atoms with Crippen LogP contribution in [0.5, 0.6) is 0 Å². The molecule has 1 saturated carbocycles. The first-order chi connectivity index (χ1) is 10.1. The number of benzene rings is 1. The van der Waals surface area contributed by atoms with Crippen LogP contribution in [0.3, 0.4) is 0 Å². The second kappa shape index (κ2) is 6.97. The number of rotatable bonds is 6. The molecule has 0 amide bonds. The second-order valence-corrected chi connectivity index (χ2v) is 5.24. The van der Waals surface area contributed by atoms with Gasteiger partial charge in [0.2, 0.25) is 0 Å². The van der Waals surface area contributed by atoms with Gasteiger partial charge < -0.3 is 4.74 Å². The van der Waals surface area contributed by atoms with E-state index in [1.807, 2.05) is 0 Å². The SMILES string of the molecule is O=C(CC1CCCC1)OCC(=O)c1ccc([N+](=O)[O-])cc1. The Morgan fingerprint density at radius 2 is 1.81 bits per heavy atom. The molecule has 0 aliphatic heterocycles. The molecular formula is C15H17NO5. The molecule has 0 N–H and O–H groups in total. The average molecular weight is 291 g/mol. The van der Waals surface area contributed by atoms with E-state index in [0.29, 0.717) is 17.9 Å². The summed E-state index contributed by atoms with van der Waals surface area (Å²) in [6.45, 7) is -0.316. The van der Waals surface area contributed by atoms with Crippen LogP contribution in [0, 0.1) is 16.0 Å². The van der Waals surface area contributed by atoms with Crippen molar-refractivity contribution in [1.82, 2.24) is 0 Å². The number of esters is 1. The lowest BCUT2D eigenvalue weighted by Crippen LogP contribution is -2.16. The van der Waals surface area contributed by atoms with Crippen molar-refractivity contribution in [2.45, 2.75) is 32.1 Å². The number of nitrogens with zero attached hydrogens (tertiary/aromatic N) is 1. The van der Waals surface area contributed by atoms with Crippen molar-refractivity contribution in [2.24, 2.45) is 5.92 Å². The Bertz CT molecular complexity index is 531. The van der Waals surface area contributed by atoms with Crippen LogP contribution in [0.15, 0.2) is 24.3 Å². The minimum Gasteiger partial charge on any atom is -0.457 e. The van der Waals surface area contributed by atoms with Crippen LogP contribution in [-0.4, -0.2) is 23.3 Å². The van der Waals surface area contributed by atoms with Gasteiger partial charge in [-0.2, -0.15) is 0 Å². The summed E-state index contributed by atoms with van der Waals surface area (Å²) < 4.78 is 4.98. The fraction of sp³-hybridized carbons (Fsp3) is 0.467. The number of hydrogen-bond donors (Lipinski definition) is 0. The molecule has 0 bridgehead atoms. The third-order valence-corrected chi connectivity index (χ3v) is 3.69. The summed E-state index contributed by atoms with van der Waals surface area (Å²) >= 11 is 0. The first-order valence-electron chi connectivity index (χ1n) is 6.99. The standard InChI is InChI=1S/C15H17NO5/c17-14(12-5-7-13(8-6-12)16(19)20)10-21-15(18)9-11-3-1-2-4-11/h5-8,11H,1-4,9-10H2. The molecule has 112 valence electrons. The molecule has 1 aliphatic rings. The van der Waals surface area contributed by atoms with E-state index in [1.165, 1.54) is 24.3 Å². The Labute approximate surface area is 122 Å². The van der Waals surface area contributed by atoms with E-state index in [2.05, 4.69) is 0 Å². The Kier molecular flexibility index (Phi) is 5.03. The van der Waals surface area contributed by atoms with Crippen molar-refractivity contribution in [1.29, 1.82) is 0 Å². The van der Waals surface area contributed by atoms with E-state index in [9.17, 15) is 19.7 Å². The van der Waals surface area contributed by atoms with Gasteiger partial charge in [0.15, 0.2) is 12.4 Å². The van der Waals surface area contributed by atoms with E-state index >= 15 is 0 Å². The van der Waals surface area contributed by atoms with Gasteiger partial charge in [-0.3, -0.25) is 19.7 Å². The van der Waals surface area contributed by atoms with Crippen LogP contribution in [0.2, 0.25) is 0 Å². The highest BCUT2D eigenvalue weighted by Gasteiger charge is 2.20. The van der Waals surface area contributed by atoms with Gasteiger partial charge in [0.1, 0.15) is 0 Å². The quantitative estimate of drug-likeness (QED) is 0.348. The molecule has 0 unspecified atom stereocenters. The molecule has 1 fully saturated rings. The van der Waals surface area contributed by atoms with Crippen molar-refractivity contribution >= 4 is 17.4 Å². The van der Waals surface area contributed by atoms with E-state index in [1.54, 1.807) is 0 Å². The predicted octanol–water partition coefficient (Wildman–Crippen LogP) is 2.90. The summed E-state index contributed by atoms with van der Waals surface area (Å²) in [7, 11) is 0. The highest BCUT2D eigenvalue weighted by molar-refractivity contribution is 5.98. The van der Waals surface area contributed by atoms with Gasteiger partial charge in [0.25, 0.3) is 5.69 Å². The molecule has 0 radical (unpaired) electrons. The van der Waals surface area contributed by atoms with Gasteiger partial charge in [-0.1, -0.05) is 12.8 Å². The highest BCUT2D eigenvalue weighted by Crippen LogP contribution is 2.27. The molecule has 6 heteroatoms. The zero-order chi connectivity index (χ0) is 15.2. The Hall–Kier alpha value is -2.24. The maximum absolute atomic E-state index is 11.8. The molecule has 0 heterocycles. The van der Waals surface area contributed by atoms with Crippen molar-refractivity contribution in [3.63, 3.8) is 0 Å². The Balaban J connectivity index is 1.80. The summed E-state index contributed by atoms with van der Waals surface area (Å²) in [6.07, 6.45) is 4.77. The highest BCUT2D eigenvalue weighted by atomic mass is 16.6. The van der Waals surface area contributed by atoms with Crippen molar-refractivity contribution in [3.8, 4) is 0 Å². The number of Topliss-reactive ketones (excluding diaryl/α,β-unsaturated/α-hetero) is 1. The molecular weight excluding hydrogens is 274 g/mol. The second-order valence-electron chi connectivity index (χ2n) is 5.24. The lowest BCUT2D eigenvalue weighted by atomic mass is 10.0. The number of carbonyl (C=O) groups is 2. The minimum absolute atomic E-state index is 0.0789. The summed E-state index contributed by atoms with van der Waals surface area (Å²) in [4.78, 5) is 33.4. The van der Waals surface area contributed by atoms with E-state index < -0.39 is 4.92 Å². The van der Waals surface area contributed by atoms with E-state index in [4.69, 9.17) is 4.74 Å². The monoisotopic (exact) mass is 291 g/mol. The topological polar surface area (TPSA) is 86.5 Å². The zero-order valence-corrected chi connectivity index (χ0v) is 11.6. The molecule has 1 aromatic rings. The smallest absolute Gasteiger partial charge is 0.306 e. The number of non-ortho nitro benzene ring substituents is 1. The van der Waals surface area contributed by atoms with E-state index in [0.717, 1.165) is 25.7 Å². The first kappa shape index (κ1) is 15.2. The van der Waals surface area contributed by atoms with Crippen LogP contribution in [0.25, 0.3) is 0 Å². The van der Waals surface area contributed by atoms with Crippen molar-refractivity contribution in [2.75, 3.05) is 6.61 Å². The number of nitro benzene ring substituents is 1. The zero-order valence-electron chi connectivity index (χ0n) is 11.6. The molecule has 0 saturated heterocycles. The number of ether oxygens (including phenoxy) is 1. The largest absolute Gasteiger partial charge is 0.457 e. The molecule has 2 rings (SSSR count). The number of hydrogen-bond acceptors (Lipinski definition) is 5. The van der Waals surface area contributed by atoms with Gasteiger partial charge >= 0.3 is 5.97 Å². The third-order valence-electron chi connectivity index (χ3n) is 3.69.